The van der Waals surface area contributed by atoms with Crippen molar-refractivity contribution in [1.82, 2.24) is 9.88 Å². The van der Waals surface area contributed by atoms with Crippen LogP contribution in [-0.2, 0) is 0 Å². The van der Waals surface area contributed by atoms with Gasteiger partial charge >= 0.3 is 0 Å². The van der Waals surface area contributed by atoms with Gasteiger partial charge in [-0.3, -0.25) is 14.9 Å². The largest absolute Gasteiger partial charge is 0.472 e. The molecule has 1 fully saturated rings. The van der Waals surface area contributed by atoms with E-state index in [-0.39, 0.29) is 28.3 Å². The number of halogens is 1. The second-order valence-corrected chi connectivity index (χ2v) is 6.10. The van der Waals surface area contributed by atoms with Crippen LogP contribution in [0.4, 0.5) is 5.69 Å². The third-order valence-electron chi connectivity index (χ3n) is 3.97. The Morgan fingerprint density at radius 1 is 1.42 bits per heavy atom. The van der Waals surface area contributed by atoms with E-state index >= 15 is 0 Å². The van der Waals surface area contributed by atoms with E-state index in [9.17, 15) is 14.9 Å². The average Bonchev–Trinajstić information content (AvgIpc) is 3.10. The summed E-state index contributed by atoms with van der Waals surface area (Å²) in [5, 5.41) is 20.0. The molecule has 132 valence electrons. The summed E-state index contributed by atoms with van der Waals surface area (Å²) in [6.07, 6.45) is 1.78. The molecular formula is C17H13ClN4O4. The first-order valence-corrected chi connectivity index (χ1v) is 8.12. The topological polar surface area (TPSA) is 109 Å². The van der Waals surface area contributed by atoms with Gasteiger partial charge in [0.2, 0.25) is 5.88 Å². The van der Waals surface area contributed by atoms with Gasteiger partial charge in [0.05, 0.1) is 33.7 Å². The number of benzene rings is 1. The standard InChI is InChI=1S/C17H13ClN4O4/c18-15-2-1-12(22(24)25)8-14(15)17(23)21-6-4-13(10-21)26-16-7-11(9-19)3-5-20-16/h1-3,5,7-8,13H,4,6,10H2. The molecule has 2 heterocycles. The van der Waals surface area contributed by atoms with Gasteiger partial charge in [-0.1, -0.05) is 11.6 Å². The maximum absolute atomic E-state index is 12.6. The Balaban J connectivity index is 1.70. The number of ether oxygens (including phenoxy) is 1. The highest BCUT2D eigenvalue weighted by Crippen LogP contribution is 2.26. The number of aromatic nitrogens is 1. The summed E-state index contributed by atoms with van der Waals surface area (Å²) in [4.78, 5) is 28.6. The molecule has 1 aliphatic heterocycles. The molecule has 1 aliphatic rings. The van der Waals surface area contributed by atoms with E-state index in [0.29, 0.717) is 31.0 Å². The number of amides is 1. The summed E-state index contributed by atoms with van der Waals surface area (Å²) in [6.45, 7) is 0.733. The summed E-state index contributed by atoms with van der Waals surface area (Å²) >= 11 is 6.03. The molecule has 1 amide bonds. The smallest absolute Gasteiger partial charge is 0.270 e. The minimum atomic E-state index is -0.573. The van der Waals surface area contributed by atoms with Gasteiger partial charge in [0.15, 0.2) is 0 Å². The van der Waals surface area contributed by atoms with Crippen molar-refractivity contribution in [3.63, 3.8) is 0 Å². The van der Waals surface area contributed by atoms with Crippen LogP contribution in [0.25, 0.3) is 0 Å². The van der Waals surface area contributed by atoms with Crippen LogP contribution in [0, 0.1) is 21.4 Å². The van der Waals surface area contributed by atoms with Crippen molar-refractivity contribution >= 4 is 23.2 Å². The van der Waals surface area contributed by atoms with Crippen molar-refractivity contribution in [3.8, 4) is 11.9 Å². The highest BCUT2D eigenvalue weighted by molar-refractivity contribution is 6.33. The number of hydrogen-bond acceptors (Lipinski definition) is 6. The lowest BCUT2D eigenvalue weighted by atomic mass is 10.2. The number of rotatable bonds is 4. The minimum absolute atomic E-state index is 0.0890. The third-order valence-corrected chi connectivity index (χ3v) is 4.30. The molecule has 1 atom stereocenters. The number of non-ortho nitro benzene ring substituents is 1. The monoisotopic (exact) mass is 372 g/mol. The van der Waals surface area contributed by atoms with Crippen LogP contribution in [0.5, 0.6) is 5.88 Å². The Hall–Kier alpha value is -3.18. The maximum Gasteiger partial charge on any atom is 0.270 e. The van der Waals surface area contributed by atoms with Crippen molar-refractivity contribution in [2.75, 3.05) is 13.1 Å². The van der Waals surface area contributed by atoms with Gasteiger partial charge in [-0.15, -0.1) is 0 Å². The van der Waals surface area contributed by atoms with E-state index in [4.69, 9.17) is 21.6 Å². The first-order valence-electron chi connectivity index (χ1n) is 7.74. The predicted octanol–water partition coefficient (Wildman–Crippen LogP) is 2.81. The van der Waals surface area contributed by atoms with Gasteiger partial charge in [-0.25, -0.2) is 4.98 Å². The molecule has 1 unspecified atom stereocenters. The van der Waals surface area contributed by atoms with E-state index in [1.54, 1.807) is 6.07 Å². The van der Waals surface area contributed by atoms with E-state index in [0.717, 1.165) is 0 Å². The molecule has 1 aromatic carbocycles. The van der Waals surface area contributed by atoms with Crippen LogP contribution < -0.4 is 4.74 Å². The van der Waals surface area contributed by atoms with Crippen molar-refractivity contribution in [1.29, 1.82) is 5.26 Å². The van der Waals surface area contributed by atoms with Crippen LogP contribution in [-0.4, -0.2) is 39.9 Å². The third kappa shape index (κ3) is 3.73. The van der Waals surface area contributed by atoms with Crippen molar-refractivity contribution in [3.05, 3.63) is 62.8 Å². The lowest BCUT2D eigenvalue weighted by molar-refractivity contribution is -0.384. The van der Waals surface area contributed by atoms with Crippen LogP contribution >= 0.6 is 11.6 Å². The number of nitro groups is 1. The zero-order chi connectivity index (χ0) is 18.7. The maximum atomic E-state index is 12.6. The van der Waals surface area contributed by atoms with Crippen molar-refractivity contribution < 1.29 is 14.5 Å². The van der Waals surface area contributed by atoms with Crippen LogP contribution in [0.3, 0.4) is 0 Å². The Bertz CT molecular complexity index is 912. The fourth-order valence-corrected chi connectivity index (χ4v) is 2.88. The molecule has 0 bridgehead atoms. The van der Waals surface area contributed by atoms with Gasteiger partial charge in [0, 0.05) is 37.4 Å². The van der Waals surface area contributed by atoms with E-state index < -0.39 is 4.92 Å². The van der Waals surface area contributed by atoms with E-state index in [2.05, 4.69) is 4.98 Å². The number of carbonyl (C=O) groups is 1. The molecule has 1 aromatic heterocycles. The molecule has 0 saturated carbocycles. The zero-order valence-corrected chi connectivity index (χ0v) is 14.2. The fourth-order valence-electron chi connectivity index (χ4n) is 2.68. The Morgan fingerprint density at radius 2 is 2.23 bits per heavy atom. The molecule has 0 radical (unpaired) electrons. The highest BCUT2D eigenvalue weighted by atomic mass is 35.5. The Labute approximate surface area is 153 Å². The molecule has 2 aromatic rings. The normalized spacial score (nSPS) is 16.2. The first-order chi connectivity index (χ1) is 12.5. The molecule has 26 heavy (non-hydrogen) atoms. The zero-order valence-electron chi connectivity index (χ0n) is 13.5. The molecule has 3 rings (SSSR count). The van der Waals surface area contributed by atoms with Crippen molar-refractivity contribution in [2.24, 2.45) is 0 Å². The molecule has 0 N–H and O–H groups in total. The second kappa shape index (κ2) is 7.37. The van der Waals surface area contributed by atoms with E-state index in [1.165, 1.54) is 35.4 Å². The molecule has 0 spiro atoms. The van der Waals surface area contributed by atoms with Crippen LogP contribution in [0.2, 0.25) is 5.02 Å². The number of nitro benzene ring substituents is 1. The van der Waals surface area contributed by atoms with Gasteiger partial charge < -0.3 is 9.64 Å². The summed E-state index contributed by atoms with van der Waals surface area (Å²) in [6, 6.07) is 8.88. The number of likely N-dealkylation sites (tertiary alicyclic amines) is 1. The van der Waals surface area contributed by atoms with Crippen LogP contribution in [0.15, 0.2) is 36.5 Å². The van der Waals surface area contributed by atoms with Crippen molar-refractivity contribution in [2.45, 2.75) is 12.5 Å². The summed E-state index contributed by atoms with van der Waals surface area (Å²) in [5.41, 5.74) is 0.331. The van der Waals surface area contributed by atoms with Gasteiger partial charge in [0.1, 0.15) is 6.10 Å². The molecular weight excluding hydrogens is 360 g/mol. The SMILES string of the molecule is N#Cc1ccnc(OC2CCN(C(=O)c3cc([N+](=O)[O-])ccc3Cl)C2)c1. The number of nitrogens with zero attached hydrogens (tertiary/aromatic N) is 4. The first kappa shape index (κ1) is 17.6. The second-order valence-electron chi connectivity index (χ2n) is 5.70. The molecule has 8 nitrogen and oxygen atoms in total. The number of pyridine rings is 1. The Morgan fingerprint density at radius 3 is 2.96 bits per heavy atom. The number of carbonyl (C=O) groups excluding carboxylic acids is 1. The lowest BCUT2D eigenvalue weighted by Crippen LogP contribution is -2.31. The quantitative estimate of drug-likeness (QED) is 0.603. The molecule has 1 saturated heterocycles. The summed E-state index contributed by atoms with van der Waals surface area (Å²) < 4.78 is 5.73. The highest BCUT2D eigenvalue weighted by Gasteiger charge is 2.30. The minimum Gasteiger partial charge on any atom is -0.472 e. The van der Waals surface area contributed by atoms with Gasteiger partial charge in [-0.2, -0.15) is 5.26 Å². The number of nitriles is 1. The summed E-state index contributed by atoms with van der Waals surface area (Å²) in [7, 11) is 0. The average molecular weight is 373 g/mol. The predicted molar refractivity (Wildman–Crippen MR) is 92.0 cm³/mol. The van der Waals surface area contributed by atoms with E-state index in [1.807, 2.05) is 6.07 Å². The Kier molecular flexibility index (Phi) is 5.00. The molecule has 9 heteroatoms. The lowest BCUT2D eigenvalue weighted by Gasteiger charge is -2.17. The van der Waals surface area contributed by atoms with Crippen LogP contribution in [0.1, 0.15) is 22.3 Å². The number of hydrogen-bond donors (Lipinski definition) is 0. The fraction of sp³-hybridized carbons (Fsp3) is 0.235. The summed E-state index contributed by atoms with van der Waals surface area (Å²) in [5.74, 6) is -0.0692. The van der Waals surface area contributed by atoms with Gasteiger partial charge in [0.25, 0.3) is 11.6 Å². The van der Waals surface area contributed by atoms with Gasteiger partial charge in [-0.05, 0) is 12.1 Å². The molecule has 0 aliphatic carbocycles.